The van der Waals surface area contributed by atoms with E-state index in [0.717, 1.165) is 184 Å². The van der Waals surface area contributed by atoms with E-state index in [2.05, 4.69) is 53.1 Å². The van der Waals surface area contributed by atoms with Crippen LogP contribution >= 0.6 is 0 Å². The normalized spacial score (nSPS) is 22.6. The predicted octanol–water partition coefficient (Wildman–Crippen LogP) is 20.6. The molecule has 0 heterocycles. The lowest BCUT2D eigenvalue weighted by Crippen LogP contribution is -2.57. The van der Waals surface area contributed by atoms with Crippen molar-refractivity contribution in [3.8, 4) is 28.7 Å². The molecule has 0 radical (unpaired) electrons. The monoisotopic (exact) mass is 2010 g/mol. The Morgan fingerprint density at radius 2 is 0.678 bits per heavy atom. The number of nitrogens with two attached hydrogens (primary N) is 1. The number of carbonyl (C=O) groups is 11. The Kier molecular flexibility index (Phi) is 39.5. The van der Waals surface area contributed by atoms with E-state index >= 15 is 0 Å². The van der Waals surface area contributed by atoms with E-state index < -0.39 is 78.6 Å². The van der Waals surface area contributed by atoms with E-state index in [1.54, 1.807) is 24.3 Å². The van der Waals surface area contributed by atoms with Gasteiger partial charge < -0.3 is 79.3 Å². The largest absolute Gasteiger partial charge is 0.519 e. The molecule has 16 rings (SSSR count). The van der Waals surface area contributed by atoms with Gasteiger partial charge in [-0.15, -0.1) is 0 Å². The van der Waals surface area contributed by atoms with Gasteiger partial charge in [-0.2, -0.15) is 0 Å². The maximum Gasteiger partial charge on any atom is 0.519 e. The lowest BCUT2D eigenvalue weighted by molar-refractivity contribution is -0.384. The van der Waals surface area contributed by atoms with Gasteiger partial charge >= 0.3 is 66.6 Å². The van der Waals surface area contributed by atoms with Crippen LogP contribution in [0.2, 0.25) is 0 Å². The lowest BCUT2D eigenvalue weighted by atomic mass is 9.59. The zero-order chi connectivity index (χ0) is 105. The average Bonchev–Trinajstić information content (AvgIpc) is 0.754. The summed E-state index contributed by atoms with van der Waals surface area (Å²) in [5.74, 6) is 0.200. The zero-order valence-corrected chi connectivity index (χ0v) is 85.3. The highest BCUT2D eigenvalue weighted by atomic mass is 16.7. The highest BCUT2D eigenvalue weighted by Crippen LogP contribution is 2.53. The molecule has 146 heavy (non-hydrogen) atoms. The fourth-order valence-corrected chi connectivity index (χ4v) is 22.3. The number of fused-ring (bicyclic) bond motifs is 16. The number of methoxy groups -OCH3 is 2. The van der Waals surface area contributed by atoms with Gasteiger partial charge in [-0.05, 0) is 229 Å². The van der Waals surface area contributed by atoms with Crippen LogP contribution in [0, 0.1) is 33.8 Å². The summed E-state index contributed by atoms with van der Waals surface area (Å²) >= 11 is 0. The van der Waals surface area contributed by atoms with E-state index in [1.165, 1.54) is 112 Å². The number of nitrogens with one attached hydrogen (secondary N) is 3. The first-order valence-electron chi connectivity index (χ1n) is 50.7. The summed E-state index contributed by atoms with van der Waals surface area (Å²) in [6.45, 7) is 10.3. The summed E-state index contributed by atoms with van der Waals surface area (Å²) in [5, 5.41) is 38.2. The molecule has 4 fully saturated rings. The summed E-state index contributed by atoms with van der Waals surface area (Å²) < 4.78 is 52.9. The topological polar surface area (TPSA) is 435 Å². The number of esters is 2. The maximum absolute atomic E-state index is 13.0. The van der Waals surface area contributed by atoms with E-state index in [1.807, 2.05) is 146 Å². The molecule has 8 aliphatic rings. The molecule has 6 amide bonds. The third kappa shape index (κ3) is 29.6. The number of aliphatic carboxylic acids is 2. The number of amides is 6. The predicted molar refractivity (Wildman–Crippen MR) is 545 cm³/mol. The number of benzene rings is 8. The van der Waals surface area contributed by atoms with Crippen LogP contribution in [0.3, 0.4) is 0 Å². The Labute approximate surface area is 853 Å². The summed E-state index contributed by atoms with van der Waals surface area (Å²) in [5.41, 5.74) is 17.4. The Balaban J connectivity index is 0.000000171. The van der Waals surface area contributed by atoms with Crippen LogP contribution in [-0.4, -0.2) is 176 Å². The van der Waals surface area contributed by atoms with Crippen molar-refractivity contribution in [1.82, 2.24) is 30.7 Å². The molecule has 0 spiro atoms. The molecule has 0 aromatic heterocycles. The SMILES string of the molecule is CCCC(=O)OC.CN(CC(=O)O)C(=O)Oc1ccc2c(c1)[C@@]1(C)CCCCC[C@@H](C2)[C@@H]1N.CN(CC(=O)O)C(=O)Oc1ccc2c(c1)[C@@]1(C)CCCCC[C@@H](C2)[C@@H]1NC(=O)OCc1ccccc1.COC(=O)CN(C)C(=O)Oc1ccc2c(c1)[C@@]1(C)CCCCC[C@@H](C2)[C@@H]1NC(=O)OCc1ccccc1.C[C@@]12CCCCC[C@@H](Cc3ccc(OC(=O)Oc4ccc([N+](=O)[O-])cc4)cc31)[C@@H]2NC(=O)OCc1ccccc1. The van der Waals surface area contributed by atoms with Crippen molar-refractivity contribution in [3.63, 3.8) is 0 Å². The third-order valence-electron chi connectivity index (χ3n) is 30.0. The molecule has 33 heteroatoms. The summed E-state index contributed by atoms with van der Waals surface area (Å²) in [7, 11) is 6.95. The summed E-state index contributed by atoms with van der Waals surface area (Å²) in [4.78, 5) is 145. The molecule has 0 unspecified atom stereocenters. The second-order valence-corrected chi connectivity index (χ2v) is 40.3. The van der Waals surface area contributed by atoms with Crippen molar-refractivity contribution in [2.45, 2.75) is 267 Å². The highest BCUT2D eigenvalue weighted by Gasteiger charge is 2.52. The fraction of sp³-hybridized carbons (Fsp3) is 0.478. The number of hydrogen-bond donors (Lipinski definition) is 6. The van der Waals surface area contributed by atoms with Crippen molar-refractivity contribution in [3.05, 3.63) is 259 Å². The molecule has 4 saturated carbocycles. The number of rotatable bonds is 23. The minimum atomic E-state index is -1.11. The Hall–Kier alpha value is -14.1. The Morgan fingerprint density at radius 1 is 0.384 bits per heavy atom. The van der Waals surface area contributed by atoms with Crippen LogP contribution in [0.25, 0.3) is 0 Å². The van der Waals surface area contributed by atoms with E-state index in [-0.39, 0.29) is 101 Å². The molecule has 0 aliphatic heterocycles. The first-order chi connectivity index (χ1) is 70.0. The molecule has 7 N–H and O–H groups in total. The molecular weight excluding hydrogens is 1870 g/mol. The highest BCUT2D eigenvalue weighted by molar-refractivity contribution is 5.81. The van der Waals surface area contributed by atoms with Gasteiger partial charge in [0.15, 0.2) is 0 Å². The van der Waals surface area contributed by atoms with Gasteiger partial charge in [0, 0.05) is 85.5 Å². The van der Waals surface area contributed by atoms with Crippen LogP contribution in [0.4, 0.5) is 39.2 Å². The van der Waals surface area contributed by atoms with E-state index in [9.17, 15) is 62.9 Å². The van der Waals surface area contributed by atoms with Gasteiger partial charge in [-0.25, -0.2) is 33.6 Å². The first-order valence-corrected chi connectivity index (χ1v) is 50.7. The van der Waals surface area contributed by atoms with Crippen molar-refractivity contribution in [2.75, 3.05) is 55.0 Å². The molecule has 12 atom stereocenters. The standard InChI is InChI=1S/C31H32N2O7.C29H36N2O6.C28H34N2O6.C20H28N2O4.C5H10O2/c1-31-17-7-3-6-10-23(28(31)32-29(34)38-20-21-8-4-2-5-9-21)18-22-11-14-26(19-27(22)31)40-30(35)39-25-15-12-24(13-16-25)33(36)37;1-29-15-9-5-8-12-22(26(29)30-27(33)36-19-20-10-6-4-7-11-20)16-21-13-14-23(17-24(21)29)37-28(34)31(2)18-25(32)35-3;1-28-14-8-4-7-11-21(25(28)29-26(33)35-18-19-9-5-3-6-10-19)15-20-12-13-22(16-23(20)28)36-27(34)30(2)17-24(31)32;1-20-9-5-3-4-6-14(18(20)21)10-13-7-8-15(11-16(13)20)26-19(25)22(2)12-17(23)24;1-3-4-5(6)7-2/h2,4-5,8-9,11-16,19,23,28H,3,6-7,10,17-18,20H2,1H3,(H,32,34);4,6-7,10-11,13-14,17,22,26H,5,8-9,12,15-16,18-19H2,1-3H3,(H,30,33);3,5-6,9-10,12-13,16,21,25H,4,7-8,11,14-15,17-18H2,1-2H3,(H,29,33)(H,31,32);7-8,11,14,18H,3-6,9-10,12,21H2,1-2H3,(H,23,24);3-4H2,1-2H3/t23-,28-,31+;22-,26-,29+;21-,25-,28+;14-,18-,20+;/m0000./s1. The number of ether oxygens (including phenoxy) is 10. The van der Waals surface area contributed by atoms with Crippen molar-refractivity contribution >= 4 is 72.3 Å². The number of hydrogen-bond acceptors (Lipinski definition) is 24. The molecule has 8 aromatic carbocycles. The van der Waals surface area contributed by atoms with Crippen LogP contribution in [0.15, 0.2) is 188 Å². The average molecular weight is 2010 g/mol. The number of nitrogens with zero attached hydrogens (tertiary/aromatic N) is 4. The van der Waals surface area contributed by atoms with Gasteiger partial charge in [0.1, 0.15) is 68.2 Å². The second-order valence-electron chi connectivity index (χ2n) is 40.3. The molecule has 8 aromatic rings. The molecule has 0 saturated heterocycles. The van der Waals surface area contributed by atoms with Gasteiger partial charge in [-0.1, -0.05) is 227 Å². The van der Waals surface area contributed by atoms with Gasteiger partial charge in [0.2, 0.25) is 0 Å². The van der Waals surface area contributed by atoms with E-state index in [4.69, 9.17) is 53.8 Å². The fourth-order valence-electron chi connectivity index (χ4n) is 22.3. The van der Waals surface area contributed by atoms with Gasteiger partial charge in [-0.3, -0.25) is 44.0 Å². The minimum Gasteiger partial charge on any atom is -0.480 e. The number of nitro benzene ring substituents is 1. The van der Waals surface area contributed by atoms with Crippen LogP contribution < -0.4 is 45.4 Å². The van der Waals surface area contributed by atoms with Crippen molar-refractivity contribution in [1.29, 1.82) is 0 Å². The number of carboxylic acids is 2. The van der Waals surface area contributed by atoms with E-state index in [0.29, 0.717) is 41.3 Å². The quantitative estimate of drug-likeness (QED) is 0.0114. The molecular formula is C113H140N8O25. The third-order valence-corrected chi connectivity index (χ3v) is 30.0. The number of likely N-dealkylation sites (N-methyl/N-ethyl adjacent to an activating group) is 3. The van der Waals surface area contributed by atoms with Crippen LogP contribution in [-0.2, 0) is 110 Å². The Morgan fingerprint density at radius 3 is 0.993 bits per heavy atom. The smallest absolute Gasteiger partial charge is 0.480 e. The van der Waals surface area contributed by atoms with Crippen molar-refractivity contribution < 1.29 is 115 Å². The number of carboxylic acid groups (broad SMARTS) is 2. The van der Waals surface area contributed by atoms with Crippen LogP contribution in [0.5, 0.6) is 28.7 Å². The first kappa shape index (κ1) is 111. The Bertz CT molecular complexity index is 5840. The van der Waals surface area contributed by atoms with Crippen molar-refractivity contribution in [2.24, 2.45) is 29.4 Å². The molecule has 8 aliphatic carbocycles. The summed E-state index contributed by atoms with van der Waals surface area (Å²) in [6.07, 6.45) is 22.1. The number of alkyl carbamates (subject to hydrolysis) is 3. The second kappa shape index (κ2) is 52.1. The number of nitro groups is 1. The maximum atomic E-state index is 13.0. The minimum absolute atomic E-state index is 0.100. The molecule has 782 valence electrons. The molecule has 33 nitrogen and oxygen atoms in total. The lowest BCUT2D eigenvalue weighted by Gasteiger charge is -2.49. The van der Waals surface area contributed by atoms with Gasteiger partial charge in [0.25, 0.3) is 5.69 Å². The summed E-state index contributed by atoms with van der Waals surface area (Å²) in [6, 6.07) is 56.5. The molecule has 8 bridgehead atoms. The number of non-ortho nitro benzene ring substituents is 1. The van der Waals surface area contributed by atoms with Crippen LogP contribution in [0.1, 0.15) is 237 Å². The number of carbonyl (C=O) groups excluding carboxylic acids is 9. The zero-order valence-electron chi connectivity index (χ0n) is 85.3. The van der Waals surface area contributed by atoms with Gasteiger partial charge in [0.05, 0.1) is 19.1 Å².